The molecule has 9 heteroatoms. The number of halogens is 1. The number of benzene rings is 1. The van der Waals surface area contributed by atoms with Gasteiger partial charge in [0, 0.05) is 43.3 Å². The minimum Gasteiger partial charge on any atom is -0.487 e. The van der Waals surface area contributed by atoms with Crippen LogP contribution in [-0.2, 0) is 14.3 Å². The molecular weight excluding hydrogens is 490 g/mol. The summed E-state index contributed by atoms with van der Waals surface area (Å²) in [4.78, 5) is 32.4. The van der Waals surface area contributed by atoms with Gasteiger partial charge in [-0.1, -0.05) is 48.5 Å². The third-order valence-corrected chi connectivity index (χ3v) is 8.46. The van der Waals surface area contributed by atoms with Crippen molar-refractivity contribution < 1.29 is 14.3 Å². The molecule has 0 N–H and O–H groups in total. The fraction of sp³-hybridized carbons (Fsp3) is 0.500. The van der Waals surface area contributed by atoms with Crippen molar-refractivity contribution in [3.8, 4) is 0 Å². The Balaban J connectivity index is 1.58. The standard InChI is InChI=1S/C28H36ClN5O3/c1-6-23(35)31-12-13-32-21(15-31)18-37-26-24(29)22(19-10-8-7-9-11-19)17-33(25(26)27(32)36)34-16-20(30(4)5)14-28(34,2)3/h6-11,20-21H,1,12-18H2,2-5H3/t20-,21-/m1/s1. The van der Waals surface area contributed by atoms with Crippen molar-refractivity contribution in [2.24, 2.45) is 0 Å². The monoisotopic (exact) mass is 525 g/mol. The topological polar surface area (TPSA) is 59.6 Å². The van der Waals surface area contributed by atoms with E-state index < -0.39 is 0 Å². The highest BCUT2D eigenvalue weighted by molar-refractivity contribution is 6.35. The summed E-state index contributed by atoms with van der Waals surface area (Å²) in [5, 5.41) is 4.91. The van der Waals surface area contributed by atoms with Crippen LogP contribution >= 0.6 is 11.6 Å². The van der Waals surface area contributed by atoms with Crippen molar-refractivity contribution in [3.05, 3.63) is 65.0 Å². The number of fused-ring (bicyclic) bond motifs is 1. The number of rotatable bonds is 4. The van der Waals surface area contributed by atoms with Crippen LogP contribution in [0.4, 0.5) is 0 Å². The van der Waals surface area contributed by atoms with Gasteiger partial charge in [-0.25, -0.2) is 5.01 Å². The van der Waals surface area contributed by atoms with Crippen LogP contribution in [-0.4, -0.2) is 108 Å². The lowest BCUT2D eigenvalue weighted by atomic mass is 9.99. The second kappa shape index (κ2) is 9.82. The van der Waals surface area contributed by atoms with E-state index in [9.17, 15) is 9.59 Å². The highest BCUT2D eigenvalue weighted by Crippen LogP contribution is 2.43. The molecule has 2 atom stereocenters. The van der Waals surface area contributed by atoms with E-state index in [2.05, 4.69) is 49.4 Å². The van der Waals surface area contributed by atoms with Gasteiger partial charge in [-0.3, -0.25) is 14.6 Å². The van der Waals surface area contributed by atoms with Crippen LogP contribution in [0.25, 0.3) is 5.57 Å². The number of piperazine rings is 1. The zero-order valence-electron chi connectivity index (χ0n) is 22.1. The maximum absolute atomic E-state index is 14.2. The van der Waals surface area contributed by atoms with Gasteiger partial charge >= 0.3 is 0 Å². The number of amides is 2. The van der Waals surface area contributed by atoms with E-state index in [-0.39, 0.29) is 30.0 Å². The van der Waals surface area contributed by atoms with Crippen molar-refractivity contribution in [2.45, 2.75) is 37.9 Å². The first-order valence-corrected chi connectivity index (χ1v) is 13.3. The minimum atomic E-state index is -0.261. The molecule has 4 aliphatic heterocycles. The van der Waals surface area contributed by atoms with Gasteiger partial charge in [-0.15, -0.1) is 0 Å². The van der Waals surface area contributed by atoms with Crippen LogP contribution in [0.15, 0.2) is 59.5 Å². The van der Waals surface area contributed by atoms with Crippen molar-refractivity contribution >= 4 is 29.0 Å². The average molecular weight is 526 g/mol. The molecule has 2 fully saturated rings. The van der Waals surface area contributed by atoms with E-state index >= 15 is 0 Å². The van der Waals surface area contributed by atoms with E-state index in [1.54, 1.807) is 4.90 Å². The summed E-state index contributed by atoms with van der Waals surface area (Å²) < 4.78 is 6.39. The molecule has 0 bridgehead atoms. The number of nitrogens with zero attached hydrogens (tertiary/aromatic N) is 5. The van der Waals surface area contributed by atoms with E-state index in [0.717, 1.165) is 24.1 Å². The molecule has 0 saturated carbocycles. The fourth-order valence-electron chi connectivity index (χ4n) is 5.93. The lowest BCUT2D eigenvalue weighted by Crippen LogP contribution is -2.59. The van der Waals surface area contributed by atoms with Gasteiger partial charge < -0.3 is 19.4 Å². The highest BCUT2D eigenvalue weighted by atomic mass is 35.5. The maximum atomic E-state index is 14.2. The number of likely N-dealkylation sites (N-methyl/N-ethyl adjacent to an activating group) is 1. The molecule has 5 rings (SSSR count). The zero-order valence-corrected chi connectivity index (χ0v) is 22.9. The van der Waals surface area contributed by atoms with Crippen LogP contribution in [0.2, 0.25) is 0 Å². The van der Waals surface area contributed by atoms with Crippen molar-refractivity contribution in [1.82, 2.24) is 24.7 Å². The molecule has 2 amide bonds. The number of ether oxygens (including phenoxy) is 1. The predicted molar refractivity (Wildman–Crippen MR) is 144 cm³/mol. The van der Waals surface area contributed by atoms with Gasteiger partial charge in [0.2, 0.25) is 5.91 Å². The third-order valence-electron chi connectivity index (χ3n) is 8.06. The first-order chi connectivity index (χ1) is 17.6. The van der Waals surface area contributed by atoms with Crippen molar-refractivity contribution in [2.75, 3.05) is 53.4 Å². The van der Waals surface area contributed by atoms with Crippen LogP contribution < -0.4 is 0 Å². The van der Waals surface area contributed by atoms with Crippen LogP contribution in [0, 0.1) is 0 Å². The Kier molecular flexibility index (Phi) is 6.85. The molecule has 4 aliphatic rings. The summed E-state index contributed by atoms with van der Waals surface area (Å²) in [7, 11) is 4.21. The molecule has 0 aromatic heterocycles. The zero-order chi connectivity index (χ0) is 26.5. The number of hydrogen-bond donors (Lipinski definition) is 0. The van der Waals surface area contributed by atoms with Crippen LogP contribution in [0.3, 0.4) is 0 Å². The molecule has 1 aromatic carbocycles. The molecule has 8 nitrogen and oxygen atoms in total. The summed E-state index contributed by atoms with van der Waals surface area (Å²) in [6.07, 6.45) is 2.29. The van der Waals surface area contributed by atoms with E-state index in [1.807, 2.05) is 35.2 Å². The SMILES string of the molecule is C=CC(=O)N1CCN2C(=O)C3=C(OC[C@H]2C1)C(Cl)=C(c1ccccc1)CN3N1C[C@H](N(C)C)CC1(C)C. The fourth-order valence-corrected chi connectivity index (χ4v) is 6.25. The van der Waals surface area contributed by atoms with Crippen LogP contribution in [0.1, 0.15) is 25.8 Å². The average Bonchev–Trinajstić information content (AvgIpc) is 3.13. The molecule has 37 heavy (non-hydrogen) atoms. The molecular formula is C28H36ClN5O3. The number of carbonyl (C=O) groups excluding carboxylic acids is 2. The second-order valence-electron chi connectivity index (χ2n) is 11.1. The van der Waals surface area contributed by atoms with Gasteiger partial charge in [-0.2, -0.15) is 0 Å². The molecule has 198 valence electrons. The largest absolute Gasteiger partial charge is 0.487 e. The molecule has 0 spiro atoms. The second-order valence-corrected chi connectivity index (χ2v) is 11.4. The smallest absolute Gasteiger partial charge is 0.275 e. The number of allylic oxidation sites excluding steroid dienone is 1. The Bertz CT molecular complexity index is 1160. The Morgan fingerprint density at radius 1 is 1.19 bits per heavy atom. The van der Waals surface area contributed by atoms with Crippen molar-refractivity contribution in [3.63, 3.8) is 0 Å². The minimum absolute atomic E-state index is 0.0995. The summed E-state index contributed by atoms with van der Waals surface area (Å²) in [6.45, 7) is 10.9. The van der Waals surface area contributed by atoms with E-state index in [1.165, 1.54) is 6.08 Å². The number of hydrazine groups is 1. The maximum Gasteiger partial charge on any atom is 0.275 e. The summed E-state index contributed by atoms with van der Waals surface area (Å²) in [6, 6.07) is 10.1. The molecule has 0 aliphatic carbocycles. The number of hydrogen-bond acceptors (Lipinski definition) is 6. The normalized spacial score (nSPS) is 26.2. The summed E-state index contributed by atoms with van der Waals surface area (Å²) >= 11 is 7.04. The first-order valence-electron chi connectivity index (χ1n) is 12.9. The lowest BCUT2D eigenvalue weighted by molar-refractivity contribution is -0.142. The quantitative estimate of drug-likeness (QED) is 0.563. The molecule has 1 aromatic rings. The Morgan fingerprint density at radius 3 is 2.57 bits per heavy atom. The Morgan fingerprint density at radius 2 is 1.92 bits per heavy atom. The van der Waals surface area contributed by atoms with Gasteiger partial charge in [0.1, 0.15) is 6.61 Å². The lowest BCUT2D eigenvalue weighted by Gasteiger charge is -2.46. The van der Waals surface area contributed by atoms with Gasteiger partial charge in [0.15, 0.2) is 11.5 Å². The molecule has 2 saturated heterocycles. The van der Waals surface area contributed by atoms with Gasteiger partial charge in [0.25, 0.3) is 5.91 Å². The third kappa shape index (κ3) is 4.56. The summed E-state index contributed by atoms with van der Waals surface area (Å²) in [5.74, 6) is 0.197. The van der Waals surface area contributed by atoms with Crippen LogP contribution in [0.5, 0.6) is 0 Å². The van der Waals surface area contributed by atoms with E-state index in [4.69, 9.17) is 16.3 Å². The Hall–Kier alpha value is -2.81. The van der Waals surface area contributed by atoms with Crippen molar-refractivity contribution in [1.29, 1.82) is 0 Å². The molecule has 4 heterocycles. The van der Waals surface area contributed by atoms with Gasteiger partial charge in [0.05, 0.1) is 17.6 Å². The van der Waals surface area contributed by atoms with E-state index in [0.29, 0.717) is 48.7 Å². The Labute approximate surface area is 224 Å². The first kappa shape index (κ1) is 25.8. The highest BCUT2D eigenvalue weighted by Gasteiger charge is 2.49. The summed E-state index contributed by atoms with van der Waals surface area (Å²) in [5.41, 5.74) is 2.25. The van der Waals surface area contributed by atoms with Gasteiger partial charge in [-0.05, 0) is 46.0 Å². The predicted octanol–water partition coefficient (Wildman–Crippen LogP) is 2.75. The molecule has 0 unspecified atom stereocenters. The number of carbonyl (C=O) groups is 2. The molecule has 0 radical (unpaired) electrons.